The van der Waals surface area contributed by atoms with Crippen LogP contribution >= 0.6 is 0 Å². The van der Waals surface area contributed by atoms with E-state index >= 15 is 0 Å². The average molecular weight is 227 g/mol. The van der Waals surface area contributed by atoms with Crippen LogP contribution in [0.3, 0.4) is 0 Å². The molecule has 0 unspecified atom stereocenters. The molecule has 1 aromatic heterocycles. The molecule has 88 valence electrons. The van der Waals surface area contributed by atoms with Crippen LogP contribution in [0.15, 0.2) is 60.4 Å². The van der Waals surface area contributed by atoms with E-state index in [-0.39, 0.29) is 0 Å². The third kappa shape index (κ3) is 3.45. The van der Waals surface area contributed by atoms with Gasteiger partial charge in [-0.1, -0.05) is 48.7 Å². The molecule has 0 radical (unpaired) electrons. The molecule has 17 heavy (non-hydrogen) atoms. The number of rotatable bonds is 2. The lowest BCUT2D eigenvalue weighted by Crippen LogP contribution is -1.86. The predicted molar refractivity (Wildman–Crippen MR) is 71.8 cm³/mol. The number of hydrogen-bond donors (Lipinski definition) is 0. The Morgan fingerprint density at radius 3 is 2.35 bits per heavy atom. The highest BCUT2D eigenvalue weighted by Crippen LogP contribution is 2.23. The number of nitrogens with zero attached hydrogens (tertiary/aromatic N) is 1. The standard InChI is InChI=1S/C11H11NO.C4H6/c1-8-4-3-5-10(9(8)2)11-6-7-13-12-11;1-3-4-2/h3-7H,1-2H3;3-4H,1-2H2. The third-order valence-corrected chi connectivity index (χ3v) is 2.49. The Morgan fingerprint density at radius 2 is 1.82 bits per heavy atom. The normalized spacial score (nSPS) is 9.06. The average Bonchev–Trinajstić information content (AvgIpc) is 2.86. The quantitative estimate of drug-likeness (QED) is 0.714. The predicted octanol–water partition coefficient (Wildman–Crippen LogP) is 4.32. The summed E-state index contributed by atoms with van der Waals surface area (Å²) in [7, 11) is 0. The SMILES string of the molecule is C=CC=C.Cc1cccc(-c2ccon2)c1C. The molecule has 1 heterocycles. The summed E-state index contributed by atoms with van der Waals surface area (Å²) in [4.78, 5) is 0. The molecule has 0 bridgehead atoms. The topological polar surface area (TPSA) is 26.0 Å². The molecule has 2 nitrogen and oxygen atoms in total. The van der Waals surface area contributed by atoms with E-state index in [9.17, 15) is 0 Å². The molecule has 0 fully saturated rings. The van der Waals surface area contributed by atoms with Gasteiger partial charge in [0.25, 0.3) is 0 Å². The van der Waals surface area contributed by atoms with E-state index in [1.165, 1.54) is 11.1 Å². The number of benzene rings is 1. The van der Waals surface area contributed by atoms with Crippen molar-refractivity contribution < 1.29 is 4.52 Å². The summed E-state index contributed by atoms with van der Waals surface area (Å²) in [5.74, 6) is 0. The summed E-state index contributed by atoms with van der Waals surface area (Å²) in [6, 6.07) is 8.06. The largest absolute Gasteiger partial charge is 0.364 e. The van der Waals surface area contributed by atoms with Gasteiger partial charge in [-0.15, -0.1) is 0 Å². The lowest BCUT2D eigenvalue weighted by Gasteiger charge is -2.04. The number of aryl methyl sites for hydroxylation is 1. The van der Waals surface area contributed by atoms with Gasteiger partial charge in [0, 0.05) is 11.6 Å². The second kappa shape index (κ2) is 6.48. The van der Waals surface area contributed by atoms with E-state index in [4.69, 9.17) is 4.52 Å². The van der Waals surface area contributed by atoms with Crippen molar-refractivity contribution in [3.05, 3.63) is 67.0 Å². The molecule has 0 atom stereocenters. The van der Waals surface area contributed by atoms with Crippen molar-refractivity contribution in [1.82, 2.24) is 5.16 Å². The first-order valence-corrected chi connectivity index (χ1v) is 5.41. The van der Waals surface area contributed by atoms with Gasteiger partial charge in [-0.05, 0) is 25.0 Å². The molecular weight excluding hydrogens is 210 g/mol. The van der Waals surface area contributed by atoms with Crippen molar-refractivity contribution >= 4 is 0 Å². The molecule has 0 aliphatic rings. The molecule has 0 saturated carbocycles. The first-order valence-electron chi connectivity index (χ1n) is 5.41. The van der Waals surface area contributed by atoms with Crippen LogP contribution in [0.2, 0.25) is 0 Å². The summed E-state index contributed by atoms with van der Waals surface area (Å²) in [6.07, 6.45) is 4.87. The molecule has 1 aromatic carbocycles. The van der Waals surface area contributed by atoms with Gasteiger partial charge in [0.1, 0.15) is 12.0 Å². The first kappa shape index (κ1) is 13.0. The van der Waals surface area contributed by atoms with Crippen LogP contribution < -0.4 is 0 Å². The Bertz CT molecular complexity index is 478. The Kier molecular flexibility index (Phi) is 4.95. The second-order valence-electron chi connectivity index (χ2n) is 3.60. The van der Waals surface area contributed by atoms with E-state index in [2.05, 4.69) is 44.3 Å². The van der Waals surface area contributed by atoms with E-state index < -0.39 is 0 Å². The zero-order chi connectivity index (χ0) is 12.7. The van der Waals surface area contributed by atoms with Crippen LogP contribution in [0, 0.1) is 13.8 Å². The van der Waals surface area contributed by atoms with Crippen LogP contribution in [-0.4, -0.2) is 5.16 Å². The molecule has 0 N–H and O–H groups in total. The Balaban J connectivity index is 0.000000317. The number of aromatic nitrogens is 1. The minimum atomic E-state index is 0.904. The summed E-state index contributed by atoms with van der Waals surface area (Å²) >= 11 is 0. The van der Waals surface area contributed by atoms with Crippen LogP contribution in [-0.2, 0) is 0 Å². The van der Waals surface area contributed by atoms with Gasteiger partial charge in [-0.3, -0.25) is 0 Å². The minimum absolute atomic E-state index is 0.904. The Morgan fingerprint density at radius 1 is 1.12 bits per heavy atom. The van der Waals surface area contributed by atoms with E-state index in [0.717, 1.165) is 11.3 Å². The zero-order valence-electron chi connectivity index (χ0n) is 10.3. The highest BCUT2D eigenvalue weighted by molar-refractivity contribution is 5.64. The van der Waals surface area contributed by atoms with Gasteiger partial charge in [-0.25, -0.2) is 0 Å². The van der Waals surface area contributed by atoms with E-state index in [1.807, 2.05) is 12.1 Å². The fraction of sp³-hybridized carbons (Fsp3) is 0.133. The van der Waals surface area contributed by atoms with Crippen molar-refractivity contribution in [3.8, 4) is 11.3 Å². The van der Waals surface area contributed by atoms with E-state index in [1.54, 1.807) is 18.4 Å². The zero-order valence-corrected chi connectivity index (χ0v) is 10.3. The maximum Gasteiger partial charge on any atom is 0.124 e. The minimum Gasteiger partial charge on any atom is -0.364 e. The maximum atomic E-state index is 4.81. The van der Waals surface area contributed by atoms with Gasteiger partial charge in [0.15, 0.2) is 0 Å². The van der Waals surface area contributed by atoms with E-state index in [0.29, 0.717) is 0 Å². The number of allylic oxidation sites excluding steroid dienone is 2. The summed E-state index contributed by atoms with van der Waals surface area (Å²) in [6.45, 7) is 10.9. The lowest BCUT2D eigenvalue weighted by atomic mass is 10.0. The van der Waals surface area contributed by atoms with Gasteiger partial charge in [-0.2, -0.15) is 0 Å². The molecule has 0 saturated heterocycles. The molecular formula is C15H17NO. The lowest BCUT2D eigenvalue weighted by molar-refractivity contribution is 0.422. The Hall–Kier alpha value is -2.09. The van der Waals surface area contributed by atoms with Crippen molar-refractivity contribution in [2.75, 3.05) is 0 Å². The molecule has 2 heteroatoms. The van der Waals surface area contributed by atoms with Gasteiger partial charge >= 0.3 is 0 Å². The van der Waals surface area contributed by atoms with Crippen LogP contribution in [0.25, 0.3) is 11.3 Å². The van der Waals surface area contributed by atoms with Crippen molar-refractivity contribution in [2.45, 2.75) is 13.8 Å². The molecule has 0 spiro atoms. The van der Waals surface area contributed by atoms with Gasteiger partial charge in [0.05, 0.1) is 0 Å². The second-order valence-corrected chi connectivity index (χ2v) is 3.60. The van der Waals surface area contributed by atoms with Crippen molar-refractivity contribution in [3.63, 3.8) is 0 Å². The van der Waals surface area contributed by atoms with Crippen LogP contribution in [0.5, 0.6) is 0 Å². The summed E-state index contributed by atoms with van der Waals surface area (Å²) in [5.41, 5.74) is 4.59. The molecule has 0 aliphatic carbocycles. The molecule has 2 rings (SSSR count). The third-order valence-electron chi connectivity index (χ3n) is 2.49. The van der Waals surface area contributed by atoms with Crippen molar-refractivity contribution in [2.24, 2.45) is 0 Å². The van der Waals surface area contributed by atoms with Crippen LogP contribution in [0.4, 0.5) is 0 Å². The number of hydrogen-bond acceptors (Lipinski definition) is 2. The monoisotopic (exact) mass is 227 g/mol. The maximum absolute atomic E-state index is 4.81. The first-order chi connectivity index (χ1) is 8.20. The van der Waals surface area contributed by atoms with Gasteiger partial charge in [0.2, 0.25) is 0 Å². The summed E-state index contributed by atoms with van der Waals surface area (Å²) in [5, 5.41) is 3.91. The summed E-state index contributed by atoms with van der Waals surface area (Å²) < 4.78 is 4.81. The fourth-order valence-electron chi connectivity index (χ4n) is 1.38. The molecule has 0 aliphatic heterocycles. The fourth-order valence-corrected chi connectivity index (χ4v) is 1.38. The Labute approximate surface area is 102 Å². The molecule has 2 aromatic rings. The highest BCUT2D eigenvalue weighted by Gasteiger charge is 2.05. The highest BCUT2D eigenvalue weighted by atomic mass is 16.5. The van der Waals surface area contributed by atoms with Crippen molar-refractivity contribution in [1.29, 1.82) is 0 Å². The van der Waals surface area contributed by atoms with Gasteiger partial charge < -0.3 is 4.52 Å². The smallest absolute Gasteiger partial charge is 0.124 e. The van der Waals surface area contributed by atoms with Crippen LogP contribution in [0.1, 0.15) is 11.1 Å². The molecule has 0 amide bonds.